The van der Waals surface area contributed by atoms with Crippen molar-refractivity contribution in [3.63, 3.8) is 0 Å². The largest absolute Gasteiger partial charge is 0.452 e. The van der Waals surface area contributed by atoms with Crippen molar-refractivity contribution in [3.8, 4) is 0 Å². The summed E-state index contributed by atoms with van der Waals surface area (Å²) in [5.41, 5.74) is 0.559. The van der Waals surface area contributed by atoms with E-state index in [1.54, 1.807) is 44.2 Å². The SMILES string of the molecule is CC(C)NC(=O)NC(=O)COC(=O)c1ccc(S(=O)(=O)N(C)c2ccccc2)cc1. The van der Waals surface area contributed by atoms with E-state index in [1.807, 2.05) is 5.32 Å². The summed E-state index contributed by atoms with van der Waals surface area (Å²) in [4.78, 5) is 35.1. The van der Waals surface area contributed by atoms with Gasteiger partial charge >= 0.3 is 12.0 Å². The van der Waals surface area contributed by atoms with E-state index in [4.69, 9.17) is 4.74 Å². The molecule has 0 unspecified atom stereocenters. The molecule has 0 spiro atoms. The summed E-state index contributed by atoms with van der Waals surface area (Å²) in [6, 6.07) is 12.8. The lowest BCUT2D eigenvalue weighted by molar-refractivity contribution is -0.123. The molecule has 0 aromatic heterocycles. The van der Waals surface area contributed by atoms with Gasteiger partial charge in [-0.2, -0.15) is 0 Å². The average Bonchev–Trinajstić information content (AvgIpc) is 2.71. The van der Waals surface area contributed by atoms with Crippen molar-refractivity contribution < 1.29 is 27.5 Å². The maximum Gasteiger partial charge on any atom is 0.338 e. The lowest BCUT2D eigenvalue weighted by atomic mass is 10.2. The monoisotopic (exact) mass is 433 g/mol. The topological polar surface area (TPSA) is 122 Å². The maximum absolute atomic E-state index is 12.7. The minimum absolute atomic E-state index is 0.00602. The van der Waals surface area contributed by atoms with Crippen molar-refractivity contribution in [2.24, 2.45) is 0 Å². The van der Waals surface area contributed by atoms with Gasteiger partial charge in [-0.25, -0.2) is 18.0 Å². The van der Waals surface area contributed by atoms with Crippen LogP contribution in [-0.2, 0) is 19.6 Å². The van der Waals surface area contributed by atoms with Crippen LogP contribution in [0.2, 0.25) is 0 Å². The molecule has 0 saturated carbocycles. The molecule has 10 heteroatoms. The summed E-state index contributed by atoms with van der Waals surface area (Å²) in [5.74, 6) is -1.61. The second-order valence-corrected chi connectivity index (χ2v) is 8.55. The average molecular weight is 433 g/mol. The standard InChI is InChI=1S/C20H23N3O6S/c1-14(2)21-20(26)22-18(24)13-29-19(25)15-9-11-17(12-10-15)30(27,28)23(3)16-7-5-4-6-8-16/h4-12,14H,13H2,1-3H3,(H2,21,22,24,26). The van der Waals surface area contributed by atoms with Crippen molar-refractivity contribution in [2.45, 2.75) is 24.8 Å². The molecule has 3 amide bonds. The summed E-state index contributed by atoms with van der Waals surface area (Å²) < 4.78 is 31.4. The van der Waals surface area contributed by atoms with Crippen LogP contribution in [0.1, 0.15) is 24.2 Å². The fourth-order valence-electron chi connectivity index (χ4n) is 2.37. The summed E-state index contributed by atoms with van der Waals surface area (Å²) in [6.07, 6.45) is 0. The Morgan fingerprint density at radius 2 is 1.60 bits per heavy atom. The van der Waals surface area contributed by atoms with Gasteiger partial charge in [0.2, 0.25) is 0 Å². The predicted molar refractivity (Wildman–Crippen MR) is 111 cm³/mol. The molecule has 0 aliphatic rings. The first kappa shape index (κ1) is 22.9. The molecule has 0 bridgehead atoms. The number of nitrogens with one attached hydrogen (secondary N) is 2. The van der Waals surface area contributed by atoms with Crippen LogP contribution in [0.3, 0.4) is 0 Å². The molecule has 0 heterocycles. The minimum atomic E-state index is -3.81. The molecule has 0 saturated heterocycles. The number of amides is 3. The van der Waals surface area contributed by atoms with Gasteiger partial charge in [-0.15, -0.1) is 0 Å². The molecule has 0 fully saturated rings. The second-order valence-electron chi connectivity index (χ2n) is 6.58. The number of imide groups is 1. The summed E-state index contributed by atoms with van der Waals surface area (Å²) in [7, 11) is -2.38. The van der Waals surface area contributed by atoms with E-state index in [1.165, 1.54) is 31.3 Å². The van der Waals surface area contributed by atoms with E-state index in [0.29, 0.717) is 5.69 Å². The zero-order chi connectivity index (χ0) is 22.3. The van der Waals surface area contributed by atoms with Crippen LogP contribution in [0.5, 0.6) is 0 Å². The highest BCUT2D eigenvalue weighted by Crippen LogP contribution is 2.22. The Bertz CT molecular complexity index is 1000. The number of carbonyl (C=O) groups is 3. The Hall–Kier alpha value is -3.40. The Morgan fingerprint density at radius 3 is 2.17 bits per heavy atom. The summed E-state index contributed by atoms with van der Waals surface area (Å²) in [5, 5.41) is 4.49. The lowest BCUT2D eigenvalue weighted by Crippen LogP contribution is -2.44. The molecule has 2 aromatic rings. The highest BCUT2D eigenvalue weighted by atomic mass is 32.2. The van der Waals surface area contributed by atoms with E-state index in [-0.39, 0.29) is 16.5 Å². The van der Waals surface area contributed by atoms with Crippen LogP contribution in [0.15, 0.2) is 59.5 Å². The number of hydrogen-bond donors (Lipinski definition) is 2. The van der Waals surface area contributed by atoms with Gasteiger partial charge < -0.3 is 10.1 Å². The molecule has 160 valence electrons. The van der Waals surface area contributed by atoms with E-state index in [0.717, 1.165) is 4.31 Å². The van der Waals surface area contributed by atoms with Gasteiger partial charge in [0, 0.05) is 13.1 Å². The highest BCUT2D eigenvalue weighted by Gasteiger charge is 2.22. The quantitative estimate of drug-likeness (QED) is 0.643. The number of para-hydroxylation sites is 1. The van der Waals surface area contributed by atoms with Crippen LogP contribution in [0.25, 0.3) is 0 Å². The number of carbonyl (C=O) groups excluding carboxylic acids is 3. The van der Waals surface area contributed by atoms with Gasteiger partial charge in [0.25, 0.3) is 15.9 Å². The van der Waals surface area contributed by atoms with E-state index in [9.17, 15) is 22.8 Å². The van der Waals surface area contributed by atoms with Crippen molar-refractivity contribution in [1.82, 2.24) is 10.6 Å². The van der Waals surface area contributed by atoms with Crippen molar-refractivity contribution in [3.05, 3.63) is 60.2 Å². The molecule has 0 aliphatic heterocycles. The zero-order valence-corrected chi connectivity index (χ0v) is 17.6. The van der Waals surface area contributed by atoms with Gasteiger partial charge in [-0.05, 0) is 50.2 Å². The van der Waals surface area contributed by atoms with Crippen LogP contribution in [0, 0.1) is 0 Å². The molecule has 0 radical (unpaired) electrons. The number of esters is 1. The molecule has 2 N–H and O–H groups in total. The number of ether oxygens (including phenoxy) is 1. The number of nitrogens with zero attached hydrogens (tertiary/aromatic N) is 1. The van der Waals surface area contributed by atoms with Gasteiger partial charge in [-0.3, -0.25) is 14.4 Å². The normalized spacial score (nSPS) is 10.9. The number of urea groups is 1. The number of anilines is 1. The molecular formula is C20H23N3O6S. The fourth-order valence-corrected chi connectivity index (χ4v) is 3.57. The van der Waals surface area contributed by atoms with Crippen molar-refractivity contribution in [1.29, 1.82) is 0 Å². The smallest absolute Gasteiger partial charge is 0.338 e. The summed E-state index contributed by atoms with van der Waals surface area (Å²) in [6.45, 7) is 2.80. The first-order valence-corrected chi connectivity index (χ1v) is 10.5. The van der Waals surface area contributed by atoms with Crippen LogP contribution < -0.4 is 14.9 Å². The minimum Gasteiger partial charge on any atom is -0.452 e. The third kappa shape index (κ3) is 6.05. The van der Waals surface area contributed by atoms with E-state index in [2.05, 4.69) is 5.32 Å². The fraction of sp³-hybridized carbons (Fsp3) is 0.250. The molecule has 9 nitrogen and oxygen atoms in total. The zero-order valence-electron chi connectivity index (χ0n) is 16.8. The first-order chi connectivity index (χ1) is 14.1. The van der Waals surface area contributed by atoms with Crippen LogP contribution in [-0.4, -0.2) is 46.0 Å². The van der Waals surface area contributed by atoms with Gasteiger partial charge in [0.1, 0.15) is 0 Å². The number of hydrogen-bond acceptors (Lipinski definition) is 6. The highest BCUT2D eigenvalue weighted by molar-refractivity contribution is 7.92. The van der Waals surface area contributed by atoms with Crippen LogP contribution in [0.4, 0.5) is 10.5 Å². The molecule has 2 aromatic carbocycles. The third-order valence-corrected chi connectivity index (χ3v) is 5.68. The van der Waals surface area contributed by atoms with Crippen LogP contribution >= 0.6 is 0 Å². The van der Waals surface area contributed by atoms with E-state index >= 15 is 0 Å². The summed E-state index contributed by atoms with van der Waals surface area (Å²) >= 11 is 0. The van der Waals surface area contributed by atoms with Crippen molar-refractivity contribution in [2.75, 3.05) is 18.0 Å². The van der Waals surface area contributed by atoms with E-state index < -0.39 is 34.5 Å². The maximum atomic E-state index is 12.7. The van der Waals surface area contributed by atoms with Gasteiger partial charge in [-0.1, -0.05) is 18.2 Å². The Balaban J connectivity index is 1.99. The molecular weight excluding hydrogens is 410 g/mol. The van der Waals surface area contributed by atoms with Gasteiger partial charge in [0.05, 0.1) is 16.1 Å². The number of sulfonamides is 1. The third-order valence-electron chi connectivity index (χ3n) is 3.88. The number of benzene rings is 2. The molecule has 0 atom stereocenters. The molecule has 0 aliphatic carbocycles. The predicted octanol–water partition coefficient (Wildman–Crippen LogP) is 1.90. The molecule has 30 heavy (non-hydrogen) atoms. The second kappa shape index (κ2) is 9.88. The molecule has 2 rings (SSSR count). The number of rotatable bonds is 7. The lowest BCUT2D eigenvalue weighted by Gasteiger charge is -2.19. The Kier molecular flexibility index (Phi) is 7.54. The Labute approximate surface area is 175 Å². The van der Waals surface area contributed by atoms with Gasteiger partial charge in [0.15, 0.2) is 6.61 Å². The first-order valence-electron chi connectivity index (χ1n) is 9.03. The van der Waals surface area contributed by atoms with Crippen molar-refractivity contribution >= 4 is 33.6 Å². The Morgan fingerprint density at radius 1 is 1.00 bits per heavy atom.